The van der Waals surface area contributed by atoms with Crippen molar-refractivity contribution >= 4 is 6.09 Å². The molecule has 0 bridgehead atoms. The first-order valence-corrected chi connectivity index (χ1v) is 7.03. The van der Waals surface area contributed by atoms with Crippen molar-refractivity contribution < 1.29 is 9.53 Å². The maximum atomic E-state index is 11.5. The molecule has 7 nitrogen and oxygen atoms in total. The predicted octanol–water partition coefficient (Wildman–Crippen LogP) is 1.30. The summed E-state index contributed by atoms with van der Waals surface area (Å²) < 4.78 is 5.16. The van der Waals surface area contributed by atoms with Crippen molar-refractivity contribution in [2.75, 3.05) is 13.1 Å². The van der Waals surface area contributed by atoms with Crippen molar-refractivity contribution in [3.63, 3.8) is 0 Å². The van der Waals surface area contributed by atoms with Gasteiger partial charge in [-0.15, -0.1) is 0 Å². The van der Waals surface area contributed by atoms with Gasteiger partial charge in [0, 0.05) is 12.5 Å². The molecule has 20 heavy (non-hydrogen) atoms. The van der Waals surface area contributed by atoms with Gasteiger partial charge in [0.25, 0.3) is 0 Å². The second-order valence-electron chi connectivity index (χ2n) is 6.04. The largest absolute Gasteiger partial charge is 0.444 e. The number of ether oxygens (including phenoxy) is 1. The molecule has 1 aliphatic heterocycles. The fourth-order valence-electron chi connectivity index (χ4n) is 2.11. The van der Waals surface area contributed by atoms with Crippen molar-refractivity contribution in [2.24, 2.45) is 0 Å². The molecule has 2 heterocycles. The van der Waals surface area contributed by atoms with Gasteiger partial charge in [0.15, 0.2) is 5.82 Å². The summed E-state index contributed by atoms with van der Waals surface area (Å²) in [6, 6.07) is 0. The van der Waals surface area contributed by atoms with Gasteiger partial charge in [-0.3, -0.25) is 5.10 Å². The number of H-pyrrole nitrogens is 1. The molecule has 0 spiro atoms. The summed E-state index contributed by atoms with van der Waals surface area (Å²) in [5, 5.41) is 13.1. The fraction of sp³-hybridized carbons (Fsp3) is 0.769. The van der Waals surface area contributed by atoms with Crippen LogP contribution in [0.3, 0.4) is 0 Å². The van der Waals surface area contributed by atoms with E-state index in [9.17, 15) is 4.79 Å². The van der Waals surface area contributed by atoms with Crippen LogP contribution in [0.5, 0.6) is 0 Å². The summed E-state index contributed by atoms with van der Waals surface area (Å²) in [5.74, 6) is 1.82. The minimum Gasteiger partial charge on any atom is -0.444 e. The first-order valence-electron chi connectivity index (χ1n) is 7.03. The van der Waals surface area contributed by atoms with Gasteiger partial charge in [-0.1, -0.05) is 0 Å². The zero-order valence-electron chi connectivity index (χ0n) is 12.3. The molecular formula is C13H23N5O2. The van der Waals surface area contributed by atoms with Crippen molar-refractivity contribution in [3.05, 3.63) is 11.6 Å². The van der Waals surface area contributed by atoms with E-state index >= 15 is 0 Å². The van der Waals surface area contributed by atoms with E-state index in [0.717, 1.165) is 31.8 Å². The van der Waals surface area contributed by atoms with Gasteiger partial charge in [-0.05, 0) is 40.2 Å². The maximum Gasteiger partial charge on any atom is 0.408 e. The van der Waals surface area contributed by atoms with Gasteiger partial charge in [0.2, 0.25) is 0 Å². The normalized spacial score (nSPS) is 19.6. The lowest BCUT2D eigenvalue weighted by atomic mass is 9.99. The Labute approximate surface area is 118 Å². The third-order valence-electron chi connectivity index (χ3n) is 3.01. The van der Waals surface area contributed by atoms with Crippen LogP contribution in [0.25, 0.3) is 0 Å². The van der Waals surface area contributed by atoms with Crippen LogP contribution in [0, 0.1) is 0 Å². The van der Waals surface area contributed by atoms with Crippen LogP contribution in [0.4, 0.5) is 4.79 Å². The van der Waals surface area contributed by atoms with E-state index in [1.807, 2.05) is 20.8 Å². The topological polar surface area (TPSA) is 91.9 Å². The Morgan fingerprint density at radius 1 is 1.50 bits per heavy atom. The van der Waals surface area contributed by atoms with Gasteiger partial charge in [0.05, 0.1) is 6.54 Å². The zero-order valence-corrected chi connectivity index (χ0v) is 12.3. The summed E-state index contributed by atoms with van der Waals surface area (Å²) >= 11 is 0. The minimum absolute atomic E-state index is 0.294. The summed E-state index contributed by atoms with van der Waals surface area (Å²) in [6.45, 7) is 7.76. The van der Waals surface area contributed by atoms with E-state index in [1.165, 1.54) is 0 Å². The number of nitrogens with one attached hydrogen (secondary N) is 3. The number of nitrogens with zero attached hydrogens (tertiary/aromatic N) is 2. The molecule has 1 unspecified atom stereocenters. The Balaban J connectivity index is 1.82. The lowest BCUT2D eigenvalue weighted by molar-refractivity contribution is 0.0522. The highest BCUT2D eigenvalue weighted by Gasteiger charge is 2.20. The quantitative estimate of drug-likeness (QED) is 0.776. The number of amides is 1. The minimum atomic E-state index is -0.496. The molecule has 2 rings (SSSR count). The molecule has 0 radical (unpaired) electrons. The Morgan fingerprint density at radius 2 is 2.30 bits per heavy atom. The summed E-state index contributed by atoms with van der Waals surface area (Å²) in [7, 11) is 0. The molecule has 3 N–H and O–H groups in total. The Hall–Kier alpha value is -1.63. The van der Waals surface area contributed by atoms with Gasteiger partial charge in [0.1, 0.15) is 11.4 Å². The first-order chi connectivity index (χ1) is 9.44. The van der Waals surface area contributed by atoms with Crippen molar-refractivity contribution in [1.82, 2.24) is 25.8 Å². The monoisotopic (exact) mass is 281 g/mol. The SMILES string of the molecule is CC(C)(C)OC(=O)NCc1nc(C2CCCNC2)n[nH]1. The average Bonchev–Trinajstić information content (AvgIpc) is 2.84. The van der Waals surface area contributed by atoms with Crippen LogP contribution in [-0.2, 0) is 11.3 Å². The molecule has 112 valence electrons. The molecule has 1 fully saturated rings. The van der Waals surface area contributed by atoms with E-state index < -0.39 is 11.7 Å². The molecule has 1 aliphatic rings. The van der Waals surface area contributed by atoms with E-state index in [1.54, 1.807) is 0 Å². The number of carbonyl (C=O) groups is 1. The first kappa shape index (κ1) is 14.8. The second-order valence-corrected chi connectivity index (χ2v) is 6.04. The van der Waals surface area contributed by atoms with Crippen LogP contribution < -0.4 is 10.6 Å². The standard InChI is InChI=1S/C13H23N5O2/c1-13(2,3)20-12(19)15-8-10-16-11(18-17-10)9-5-4-6-14-7-9/h9,14H,4-8H2,1-3H3,(H,15,19)(H,16,17,18). The van der Waals surface area contributed by atoms with E-state index in [-0.39, 0.29) is 0 Å². The number of aromatic amines is 1. The van der Waals surface area contributed by atoms with Crippen LogP contribution >= 0.6 is 0 Å². The van der Waals surface area contributed by atoms with Crippen LogP contribution in [-0.4, -0.2) is 40.0 Å². The number of hydrogen-bond acceptors (Lipinski definition) is 5. The number of piperidine rings is 1. The number of alkyl carbamates (subject to hydrolysis) is 1. The Kier molecular flexibility index (Phi) is 4.59. The molecule has 1 aromatic heterocycles. The van der Waals surface area contributed by atoms with E-state index in [2.05, 4.69) is 25.8 Å². The van der Waals surface area contributed by atoms with Crippen molar-refractivity contribution in [1.29, 1.82) is 0 Å². The molecule has 1 amide bonds. The lowest BCUT2D eigenvalue weighted by Gasteiger charge is -2.19. The average molecular weight is 281 g/mol. The van der Waals surface area contributed by atoms with Gasteiger partial charge in [-0.2, -0.15) is 5.10 Å². The third kappa shape index (κ3) is 4.48. The number of rotatable bonds is 3. The lowest BCUT2D eigenvalue weighted by Crippen LogP contribution is -2.32. The van der Waals surface area contributed by atoms with Crippen LogP contribution in [0.15, 0.2) is 0 Å². The molecule has 1 aromatic rings. The molecule has 1 saturated heterocycles. The summed E-state index contributed by atoms with van der Waals surface area (Å²) in [4.78, 5) is 16.0. The highest BCUT2D eigenvalue weighted by molar-refractivity contribution is 5.67. The second kappa shape index (κ2) is 6.21. The molecular weight excluding hydrogens is 258 g/mol. The van der Waals surface area contributed by atoms with Crippen LogP contribution in [0.2, 0.25) is 0 Å². The maximum absolute atomic E-state index is 11.5. The van der Waals surface area contributed by atoms with Gasteiger partial charge < -0.3 is 15.4 Å². The molecule has 0 aliphatic carbocycles. The predicted molar refractivity (Wildman–Crippen MR) is 74.3 cm³/mol. The van der Waals surface area contributed by atoms with Crippen LogP contribution in [0.1, 0.15) is 51.2 Å². The van der Waals surface area contributed by atoms with Crippen molar-refractivity contribution in [2.45, 2.75) is 51.7 Å². The summed E-state index contributed by atoms with van der Waals surface area (Å²) in [6.07, 6.45) is 1.80. The Morgan fingerprint density at radius 3 is 2.95 bits per heavy atom. The Bertz CT molecular complexity index is 446. The molecule has 1 atom stereocenters. The van der Waals surface area contributed by atoms with Crippen molar-refractivity contribution in [3.8, 4) is 0 Å². The number of aromatic nitrogens is 3. The third-order valence-corrected chi connectivity index (χ3v) is 3.01. The van der Waals surface area contributed by atoms with E-state index in [0.29, 0.717) is 18.3 Å². The molecule has 0 aromatic carbocycles. The summed E-state index contributed by atoms with van der Waals surface area (Å²) in [5.41, 5.74) is -0.496. The highest BCUT2D eigenvalue weighted by atomic mass is 16.6. The molecule has 7 heteroatoms. The van der Waals surface area contributed by atoms with Gasteiger partial charge in [-0.25, -0.2) is 9.78 Å². The van der Waals surface area contributed by atoms with E-state index in [4.69, 9.17) is 4.74 Å². The number of carbonyl (C=O) groups excluding carboxylic acids is 1. The highest BCUT2D eigenvalue weighted by Crippen LogP contribution is 2.19. The number of hydrogen-bond donors (Lipinski definition) is 3. The molecule has 0 saturated carbocycles. The zero-order chi connectivity index (χ0) is 14.6. The smallest absolute Gasteiger partial charge is 0.408 e. The van der Waals surface area contributed by atoms with Gasteiger partial charge >= 0.3 is 6.09 Å². The fourth-order valence-corrected chi connectivity index (χ4v) is 2.11.